The van der Waals surface area contributed by atoms with Crippen LogP contribution in [0.5, 0.6) is 0 Å². The Hall–Kier alpha value is -0.123. The van der Waals surface area contributed by atoms with E-state index in [0.29, 0.717) is 23.4 Å². The normalized spacial score (nSPS) is 48.5. The molecule has 4 aliphatic carbocycles. The van der Waals surface area contributed by atoms with Crippen LogP contribution in [0.3, 0.4) is 0 Å². The van der Waals surface area contributed by atoms with Gasteiger partial charge in [0.15, 0.2) is 8.32 Å². The van der Waals surface area contributed by atoms with E-state index in [4.69, 9.17) is 4.43 Å². The standard InChI is InChI=1S/C27H48O2Si/c1-7-9-16-30(5,6)29-20-12-14-26(3)19(17-20)10-11-21-23(26)13-15-27(4)22(8-2)25(28)18-24(21)27/h8,19-25,28H,2,7,9-18H2,1,3-6H3/t19?,20?,21-,22+,23+,24+,25?,26+,27-/m1/s1. The fourth-order valence-electron chi connectivity index (χ4n) is 8.92. The van der Waals surface area contributed by atoms with E-state index < -0.39 is 8.32 Å². The Bertz CT molecular complexity index is 632. The molecular weight excluding hydrogens is 384 g/mol. The molecule has 4 saturated carbocycles. The quantitative estimate of drug-likeness (QED) is 0.355. The van der Waals surface area contributed by atoms with E-state index in [1.807, 2.05) is 0 Å². The molecule has 30 heavy (non-hydrogen) atoms. The molecule has 0 heterocycles. The first kappa shape index (κ1) is 23.0. The summed E-state index contributed by atoms with van der Waals surface area (Å²) in [6.07, 6.45) is 15.4. The number of hydrogen-bond donors (Lipinski definition) is 1. The number of fused-ring (bicyclic) bond motifs is 5. The first-order chi connectivity index (χ1) is 14.1. The highest BCUT2D eigenvalue weighted by atomic mass is 28.4. The molecule has 0 aromatic heterocycles. The lowest BCUT2D eigenvalue weighted by molar-refractivity contribution is -0.122. The number of unbranched alkanes of at least 4 members (excludes halogenated alkanes) is 1. The van der Waals surface area contributed by atoms with E-state index >= 15 is 0 Å². The van der Waals surface area contributed by atoms with E-state index in [1.165, 1.54) is 63.8 Å². The van der Waals surface area contributed by atoms with Gasteiger partial charge in [0.2, 0.25) is 0 Å². The van der Waals surface area contributed by atoms with Crippen molar-refractivity contribution in [2.24, 2.45) is 40.4 Å². The highest BCUT2D eigenvalue weighted by Gasteiger charge is 2.61. The van der Waals surface area contributed by atoms with Crippen LogP contribution >= 0.6 is 0 Å². The summed E-state index contributed by atoms with van der Waals surface area (Å²) < 4.78 is 6.83. The molecule has 0 radical (unpaired) electrons. The van der Waals surface area contributed by atoms with Crippen LogP contribution in [0.15, 0.2) is 12.7 Å². The fourth-order valence-corrected chi connectivity index (χ4v) is 11.4. The van der Waals surface area contributed by atoms with Crippen LogP contribution in [-0.4, -0.2) is 25.6 Å². The summed E-state index contributed by atoms with van der Waals surface area (Å²) in [4.78, 5) is 0. The Morgan fingerprint density at radius 3 is 2.47 bits per heavy atom. The van der Waals surface area contributed by atoms with Gasteiger partial charge in [-0.05, 0) is 105 Å². The van der Waals surface area contributed by atoms with Crippen molar-refractivity contribution in [2.45, 2.75) is 116 Å². The molecule has 2 nitrogen and oxygen atoms in total. The minimum absolute atomic E-state index is 0.166. The molecule has 3 heteroatoms. The first-order valence-electron chi connectivity index (χ1n) is 13.1. The highest BCUT2D eigenvalue weighted by molar-refractivity contribution is 6.71. The zero-order valence-electron chi connectivity index (χ0n) is 20.5. The molecule has 0 saturated heterocycles. The van der Waals surface area contributed by atoms with Crippen LogP contribution in [0.2, 0.25) is 19.1 Å². The maximum Gasteiger partial charge on any atom is 0.187 e. The zero-order chi connectivity index (χ0) is 21.7. The second-order valence-electron chi connectivity index (χ2n) is 12.6. The van der Waals surface area contributed by atoms with Crippen molar-refractivity contribution >= 4 is 8.32 Å². The summed E-state index contributed by atoms with van der Waals surface area (Å²) in [5.41, 5.74) is 0.775. The molecule has 172 valence electrons. The number of rotatable bonds is 6. The molecule has 0 aromatic carbocycles. The molecule has 1 N–H and O–H groups in total. The van der Waals surface area contributed by atoms with Gasteiger partial charge in [0.1, 0.15) is 0 Å². The van der Waals surface area contributed by atoms with Crippen molar-refractivity contribution in [2.75, 3.05) is 0 Å². The Labute approximate surface area is 187 Å². The van der Waals surface area contributed by atoms with E-state index in [-0.39, 0.29) is 11.5 Å². The lowest BCUT2D eigenvalue weighted by Crippen LogP contribution is -2.54. The maximum absolute atomic E-state index is 10.8. The lowest BCUT2D eigenvalue weighted by Gasteiger charge is -2.61. The Morgan fingerprint density at radius 1 is 1.03 bits per heavy atom. The summed E-state index contributed by atoms with van der Waals surface area (Å²) in [6.45, 7) is 16.4. The van der Waals surface area contributed by atoms with E-state index in [9.17, 15) is 5.11 Å². The summed E-state index contributed by atoms with van der Waals surface area (Å²) in [5, 5.41) is 10.8. The average molecular weight is 433 g/mol. The number of aliphatic hydroxyl groups is 1. The Balaban J connectivity index is 1.46. The zero-order valence-corrected chi connectivity index (χ0v) is 21.5. The molecule has 4 rings (SSSR count). The molecule has 0 aromatic rings. The molecule has 0 bridgehead atoms. The van der Waals surface area contributed by atoms with E-state index in [2.05, 4.69) is 46.5 Å². The molecule has 9 atom stereocenters. The lowest BCUT2D eigenvalue weighted by atomic mass is 9.44. The number of hydrogen-bond acceptors (Lipinski definition) is 2. The molecule has 0 amide bonds. The SMILES string of the molecule is C=C[C@H]1C(O)C[C@H]2[C@@H]3CCC4CC(O[Si](C)(C)CCCC)CC[C@]4(C)[C@H]3CC[C@]12C. The Morgan fingerprint density at radius 2 is 1.77 bits per heavy atom. The van der Waals surface area contributed by atoms with Gasteiger partial charge in [0.05, 0.1) is 6.10 Å². The van der Waals surface area contributed by atoms with E-state index in [1.54, 1.807) is 0 Å². The first-order valence-corrected chi connectivity index (χ1v) is 16.2. The highest BCUT2D eigenvalue weighted by Crippen LogP contribution is 2.67. The second kappa shape index (κ2) is 8.34. The van der Waals surface area contributed by atoms with Gasteiger partial charge in [-0.15, -0.1) is 6.58 Å². The van der Waals surface area contributed by atoms with Crippen molar-refractivity contribution in [1.29, 1.82) is 0 Å². The summed E-state index contributed by atoms with van der Waals surface area (Å²) >= 11 is 0. The second-order valence-corrected chi connectivity index (χ2v) is 16.9. The predicted octanol–water partition coefficient (Wildman–Crippen LogP) is 7.19. The Kier molecular flexibility index (Phi) is 6.41. The topological polar surface area (TPSA) is 29.5 Å². The van der Waals surface area contributed by atoms with E-state index in [0.717, 1.165) is 24.2 Å². The fraction of sp³-hybridized carbons (Fsp3) is 0.926. The predicted molar refractivity (Wildman–Crippen MR) is 129 cm³/mol. The molecule has 0 spiro atoms. The minimum atomic E-state index is -1.51. The van der Waals surface area contributed by atoms with Gasteiger partial charge < -0.3 is 9.53 Å². The van der Waals surface area contributed by atoms with Gasteiger partial charge >= 0.3 is 0 Å². The van der Waals surface area contributed by atoms with Gasteiger partial charge in [0, 0.05) is 12.0 Å². The van der Waals surface area contributed by atoms with Crippen LogP contribution in [0.25, 0.3) is 0 Å². The van der Waals surface area contributed by atoms with Crippen molar-refractivity contribution in [3.8, 4) is 0 Å². The smallest absolute Gasteiger partial charge is 0.187 e. The maximum atomic E-state index is 10.8. The average Bonchev–Trinajstić information content (AvgIpc) is 2.96. The van der Waals surface area contributed by atoms with Crippen LogP contribution in [0, 0.1) is 40.4 Å². The monoisotopic (exact) mass is 432 g/mol. The molecule has 0 aliphatic heterocycles. The third-order valence-electron chi connectivity index (χ3n) is 10.6. The summed E-state index contributed by atoms with van der Waals surface area (Å²) in [7, 11) is -1.51. The van der Waals surface area contributed by atoms with Gasteiger partial charge in [-0.1, -0.05) is 39.7 Å². The van der Waals surface area contributed by atoms with Crippen LogP contribution in [-0.2, 0) is 4.43 Å². The van der Waals surface area contributed by atoms with Gasteiger partial charge in [-0.25, -0.2) is 0 Å². The van der Waals surface area contributed by atoms with Crippen LogP contribution < -0.4 is 0 Å². The van der Waals surface area contributed by atoms with Crippen molar-refractivity contribution in [3.05, 3.63) is 12.7 Å². The molecule has 4 aliphatic rings. The molecule has 3 unspecified atom stereocenters. The largest absolute Gasteiger partial charge is 0.414 e. The van der Waals surface area contributed by atoms with Crippen molar-refractivity contribution in [1.82, 2.24) is 0 Å². The third kappa shape index (κ3) is 3.79. The molecular formula is C27H48O2Si. The van der Waals surface area contributed by atoms with Crippen LogP contribution in [0.1, 0.15) is 85.0 Å². The summed E-state index contributed by atoms with van der Waals surface area (Å²) in [5.74, 6) is 3.52. The number of aliphatic hydroxyl groups excluding tert-OH is 1. The van der Waals surface area contributed by atoms with Crippen molar-refractivity contribution in [3.63, 3.8) is 0 Å². The van der Waals surface area contributed by atoms with Gasteiger partial charge in [0.25, 0.3) is 0 Å². The van der Waals surface area contributed by atoms with Crippen molar-refractivity contribution < 1.29 is 9.53 Å². The van der Waals surface area contributed by atoms with Crippen LogP contribution in [0.4, 0.5) is 0 Å². The minimum Gasteiger partial charge on any atom is -0.414 e. The van der Waals surface area contributed by atoms with Gasteiger partial charge in [-0.3, -0.25) is 0 Å². The molecule has 4 fully saturated rings. The third-order valence-corrected chi connectivity index (χ3v) is 13.1. The summed E-state index contributed by atoms with van der Waals surface area (Å²) in [6, 6.07) is 1.32. The van der Waals surface area contributed by atoms with Gasteiger partial charge in [-0.2, -0.15) is 0 Å².